The summed E-state index contributed by atoms with van der Waals surface area (Å²) in [5.41, 5.74) is 0.326. The molecule has 84 valence electrons. The van der Waals surface area contributed by atoms with Crippen molar-refractivity contribution >= 4 is 39.0 Å². The first-order chi connectivity index (χ1) is 6.78. The molecular weight excluding hydrogens is 278 g/mol. The van der Waals surface area contributed by atoms with E-state index in [1.54, 1.807) is 11.3 Å². The number of halogens is 1. The van der Waals surface area contributed by atoms with Gasteiger partial charge >= 0.3 is 6.09 Å². The van der Waals surface area contributed by atoms with Crippen LogP contribution in [0.3, 0.4) is 0 Å². The predicted molar refractivity (Wildman–Crippen MR) is 66.6 cm³/mol. The zero-order valence-corrected chi connectivity index (χ0v) is 11.6. The number of anilines is 1. The van der Waals surface area contributed by atoms with E-state index in [1.807, 2.05) is 33.8 Å². The monoisotopic (exact) mass is 291 g/mol. The van der Waals surface area contributed by atoms with Gasteiger partial charge in [-0.1, -0.05) is 0 Å². The number of aryl methyl sites for hydroxylation is 1. The Kier molecular flexibility index (Phi) is 3.78. The SMILES string of the molecule is Cc1sc(Br)cc1NC(=O)OC(C)(C)C. The summed E-state index contributed by atoms with van der Waals surface area (Å²) in [6, 6.07) is 1.86. The summed E-state index contributed by atoms with van der Waals surface area (Å²) < 4.78 is 6.14. The summed E-state index contributed by atoms with van der Waals surface area (Å²) in [5.74, 6) is 0. The smallest absolute Gasteiger partial charge is 0.412 e. The van der Waals surface area contributed by atoms with Crippen LogP contribution in [0.5, 0.6) is 0 Å². The fraction of sp³-hybridized carbons (Fsp3) is 0.500. The quantitative estimate of drug-likeness (QED) is 0.843. The van der Waals surface area contributed by atoms with Crippen LogP contribution in [0.1, 0.15) is 25.6 Å². The maximum Gasteiger partial charge on any atom is 0.412 e. The number of hydrogen-bond donors (Lipinski definition) is 1. The molecular formula is C10H14BrNO2S. The summed E-state index contributed by atoms with van der Waals surface area (Å²) in [6.07, 6.45) is -0.420. The minimum absolute atomic E-state index is 0.420. The average Bonchev–Trinajstić information content (AvgIpc) is 2.25. The molecule has 1 heterocycles. The summed E-state index contributed by atoms with van der Waals surface area (Å²) in [5, 5.41) is 2.71. The first-order valence-corrected chi connectivity index (χ1v) is 6.15. The standard InChI is InChI=1S/C10H14BrNO2S/c1-6-7(5-8(11)15-6)12-9(13)14-10(2,3)4/h5H,1-4H3,(H,12,13). The molecule has 1 aromatic rings. The molecule has 0 atom stereocenters. The normalized spacial score (nSPS) is 11.3. The molecule has 0 unspecified atom stereocenters. The number of ether oxygens (including phenoxy) is 1. The highest BCUT2D eigenvalue weighted by atomic mass is 79.9. The van der Waals surface area contributed by atoms with Crippen molar-refractivity contribution in [2.24, 2.45) is 0 Å². The molecule has 0 spiro atoms. The first-order valence-electron chi connectivity index (χ1n) is 4.54. The van der Waals surface area contributed by atoms with E-state index in [1.165, 1.54) is 0 Å². The molecule has 1 aromatic heterocycles. The maximum absolute atomic E-state index is 11.4. The third kappa shape index (κ3) is 4.22. The van der Waals surface area contributed by atoms with Crippen molar-refractivity contribution in [2.45, 2.75) is 33.3 Å². The fourth-order valence-electron chi connectivity index (χ4n) is 0.983. The Balaban J connectivity index is 2.63. The first kappa shape index (κ1) is 12.5. The Bertz CT molecular complexity index is 368. The molecule has 1 amide bonds. The molecule has 0 fully saturated rings. The van der Waals surface area contributed by atoms with Gasteiger partial charge in [-0.2, -0.15) is 0 Å². The molecule has 0 saturated heterocycles. The van der Waals surface area contributed by atoms with Crippen LogP contribution in [0, 0.1) is 6.92 Å². The van der Waals surface area contributed by atoms with Crippen LogP contribution in [-0.4, -0.2) is 11.7 Å². The fourth-order valence-corrected chi connectivity index (χ4v) is 2.63. The second-order valence-corrected chi connectivity index (χ2v) is 6.78. The van der Waals surface area contributed by atoms with E-state index >= 15 is 0 Å². The molecule has 0 aromatic carbocycles. The second kappa shape index (κ2) is 4.53. The number of carbonyl (C=O) groups excluding carboxylic acids is 1. The Hall–Kier alpha value is -0.550. The summed E-state index contributed by atoms with van der Waals surface area (Å²) in [4.78, 5) is 12.5. The zero-order valence-electron chi connectivity index (χ0n) is 9.18. The molecule has 0 aliphatic carbocycles. The van der Waals surface area contributed by atoms with Crippen molar-refractivity contribution in [1.82, 2.24) is 0 Å². The maximum atomic E-state index is 11.4. The number of carbonyl (C=O) groups is 1. The van der Waals surface area contributed by atoms with Crippen molar-refractivity contribution in [2.75, 3.05) is 5.32 Å². The van der Waals surface area contributed by atoms with Crippen molar-refractivity contribution < 1.29 is 9.53 Å². The van der Waals surface area contributed by atoms with Gasteiger partial charge in [-0.15, -0.1) is 11.3 Å². The zero-order chi connectivity index (χ0) is 11.6. The van der Waals surface area contributed by atoms with E-state index in [9.17, 15) is 4.79 Å². The highest BCUT2D eigenvalue weighted by molar-refractivity contribution is 9.11. The summed E-state index contributed by atoms with van der Waals surface area (Å²) in [7, 11) is 0. The van der Waals surface area contributed by atoms with Crippen LogP contribution in [0.25, 0.3) is 0 Å². The molecule has 0 bridgehead atoms. The Morgan fingerprint density at radius 2 is 2.13 bits per heavy atom. The van der Waals surface area contributed by atoms with E-state index in [2.05, 4.69) is 21.2 Å². The van der Waals surface area contributed by atoms with E-state index < -0.39 is 11.7 Å². The van der Waals surface area contributed by atoms with E-state index in [0.717, 1.165) is 14.4 Å². The number of thiophene rings is 1. The Labute approximate surface area is 102 Å². The Morgan fingerprint density at radius 3 is 2.53 bits per heavy atom. The second-order valence-electron chi connectivity index (χ2n) is 4.15. The predicted octanol–water partition coefficient (Wildman–Crippen LogP) is 4.17. The van der Waals surface area contributed by atoms with E-state index in [4.69, 9.17) is 4.74 Å². The molecule has 0 saturated carbocycles. The van der Waals surface area contributed by atoms with Crippen molar-refractivity contribution in [3.8, 4) is 0 Å². The van der Waals surface area contributed by atoms with Gasteiger partial charge in [-0.3, -0.25) is 5.32 Å². The van der Waals surface area contributed by atoms with E-state index in [0.29, 0.717) is 0 Å². The van der Waals surface area contributed by atoms with Gasteiger partial charge in [0, 0.05) is 4.88 Å². The summed E-state index contributed by atoms with van der Waals surface area (Å²) in [6.45, 7) is 7.46. The van der Waals surface area contributed by atoms with Crippen LogP contribution in [0.2, 0.25) is 0 Å². The topological polar surface area (TPSA) is 38.3 Å². The van der Waals surface area contributed by atoms with Crippen molar-refractivity contribution in [3.63, 3.8) is 0 Å². The van der Waals surface area contributed by atoms with Gasteiger partial charge in [0.1, 0.15) is 5.60 Å². The van der Waals surface area contributed by atoms with E-state index in [-0.39, 0.29) is 0 Å². The molecule has 1 rings (SSSR count). The van der Waals surface area contributed by atoms with Crippen molar-refractivity contribution in [1.29, 1.82) is 0 Å². The van der Waals surface area contributed by atoms with Crippen molar-refractivity contribution in [3.05, 3.63) is 14.7 Å². The highest BCUT2D eigenvalue weighted by Crippen LogP contribution is 2.30. The molecule has 1 N–H and O–H groups in total. The van der Waals surface area contributed by atoms with Gasteiger partial charge in [-0.05, 0) is 49.7 Å². The van der Waals surface area contributed by atoms with Gasteiger partial charge in [-0.25, -0.2) is 4.79 Å². The lowest BCUT2D eigenvalue weighted by Crippen LogP contribution is -2.27. The van der Waals surface area contributed by atoms with Crippen LogP contribution in [0.15, 0.2) is 9.85 Å². The summed E-state index contributed by atoms with van der Waals surface area (Å²) >= 11 is 4.94. The van der Waals surface area contributed by atoms with Crippen LogP contribution in [-0.2, 0) is 4.74 Å². The van der Waals surface area contributed by atoms with Gasteiger partial charge in [0.2, 0.25) is 0 Å². The third-order valence-electron chi connectivity index (χ3n) is 1.52. The molecule has 15 heavy (non-hydrogen) atoms. The lowest BCUT2D eigenvalue weighted by atomic mass is 10.2. The Morgan fingerprint density at radius 1 is 1.53 bits per heavy atom. The lowest BCUT2D eigenvalue weighted by molar-refractivity contribution is 0.0636. The minimum atomic E-state index is -0.467. The lowest BCUT2D eigenvalue weighted by Gasteiger charge is -2.19. The average molecular weight is 292 g/mol. The van der Waals surface area contributed by atoms with Gasteiger partial charge < -0.3 is 4.74 Å². The van der Waals surface area contributed by atoms with Crippen LogP contribution in [0.4, 0.5) is 10.5 Å². The minimum Gasteiger partial charge on any atom is -0.444 e. The molecule has 5 heteroatoms. The van der Waals surface area contributed by atoms with Gasteiger partial charge in [0.25, 0.3) is 0 Å². The highest BCUT2D eigenvalue weighted by Gasteiger charge is 2.17. The molecule has 0 aliphatic rings. The molecule has 0 aliphatic heterocycles. The number of amides is 1. The number of hydrogen-bond acceptors (Lipinski definition) is 3. The van der Waals surface area contributed by atoms with Crippen LogP contribution < -0.4 is 5.32 Å². The third-order valence-corrected chi connectivity index (χ3v) is 3.08. The molecule has 3 nitrogen and oxygen atoms in total. The van der Waals surface area contributed by atoms with Gasteiger partial charge in [0.15, 0.2) is 0 Å². The largest absolute Gasteiger partial charge is 0.444 e. The number of nitrogens with one attached hydrogen (secondary N) is 1. The number of rotatable bonds is 1. The van der Waals surface area contributed by atoms with Crippen LogP contribution >= 0.6 is 27.3 Å². The van der Waals surface area contributed by atoms with Gasteiger partial charge in [0.05, 0.1) is 9.47 Å². The molecule has 0 radical (unpaired) electrons.